The summed E-state index contributed by atoms with van der Waals surface area (Å²) in [4.78, 5) is 0. The molecule has 1 heterocycles. The Bertz CT molecular complexity index is 380. The van der Waals surface area contributed by atoms with Gasteiger partial charge >= 0.3 is 0 Å². The summed E-state index contributed by atoms with van der Waals surface area (Å²) in [5, 5.41) is 8.62. The minimum absolute atomic E-state index is 0.452. The van der Waals surface area contributed by atoms with E-state index in [1.807, 2.05) is 14.0 Å². The standard InChI is InChI=1S/C12H20ClN3/c1-4-14-8-12(5-6-12)7-10-9(2)15-16(3)11(10)13/h14H,4-8H2,1-3H3. The summed E-state index contributed by atoms with van der Waals surface area (Å²) in [6.45, 7) is 6.35. The molecule has 0 radical (unpaired) electrons. The first kappa shape index (κ1) is 11.9. The van der Waals surface area contributed by atoms with E-state index in [9.17, 15) is 0 Å². The summed E-state index contributed by atoms with van der Waals surface area (Å²) in [6.07, 6.45) is 3.69. The van der Waals surface area contributed by atoms with Crippen molar-refractivity contribution in [2.45, 2.75) is 33.1 Å². The number of halogens is 1. The molecule has 0 aliphatic heterocycles. The van der Waals surface area contributed by atoms with Crippen molar-refractivity contribution in [2.24, 2.45) is 12.5 Å². The lowest BCUT2D eigenvalue weighted by atomic mass is 9.97. The van der Waals surface area contributed by atoms with Crippen molar-refractivity contribution in [3.63, 3.8) is 0 Å². The fraction of sp³-hybridized carbons (Fsp3) is 0.750. The third kappa shape index (κ3) is 2.25. The Labute approximate surface area is 102 Å². The molecule has 1 aromatic heterocycles. The summed E-state index contributed by atoms with van der Waals surface area (Å²) in [5.74, 6) is 0. The van der Waals surface area contributed by atoms with Gasteiger partial charge in [0.05, 0.1) is 5.69 Å². The average Bonchev–Trinajstić information content (AvgIpc) is 2.97. The molecular weight excluding hydrogens is 222 g/mol. The molecule has 1 saturated carbocycles. The van der Waals surface area contributed by atoms with E-state index in [4.69, 9.17) is 11.6 Å². The number of nitrogens with one attached hydrogen (secondary N) is 1. The summed E-state index contributed by atoms with van der Waals surface area (Å²) in [7, 11) is 1.91. The van der Waals surface area contributed by atoms with Crippen molar-refractivity contribution in [2.75, 3.05) is 13.1 Å². The van der Waals surface area contributed by atoms with Gasteiger partial charge in [0.15, 0.2) is 0 Å². The summed E-state index contributed by atoms with van der Waals surface area (Å²) >= 11 is 6.26. The Kier molecular flexibility index (Phi) is 3.27. The number of hydrogen-bond donors (Lipinski definition) is 1. The highest BCUT2D eigenvalue weighted by Gasteiger charge is 2.43. The Morgan fingerprint density at radius 1 is 1.50 bits per heavy atom. The molecule has 4 heteroatoms. The molecule has 16 heavy (non-hydrogen) atoms. The summed E-state index contributed by atoms with van der Waals surface area (Å²) in [5.41, 5.74) is 2.77. The zero-order valence-corrected chi connectivity index (χ0v) is 11.1. The van der Waals surface area contributed by atoms with Gasteiger partial charge in [0.1, 0.15) is 5.15 Å². The van der Waals surface area contributed by atoms with Gasteiger partial charge in [-0.05, 0) is 38.1 Å². The Hall–Kier alpha value is -0.540. The largest absolute Gasteiger partial charge is 0.316 e. The zero-order chi connectivity index (χ0) is 11.8. The molecule has 3 nitrogen and oxygen atoms in total. The lowest BCUT2D eigenvalue weighted by Gasteiger charge is -2.15. The maximum absolute atomic E-state index is 6.26. The van der Waals surface area contributed by atoms with Crippen molar-refractivity contribution in [3.05, 3.63) is 16.4 Å². The molecule has 0 atom stereocenters. The number of nitrogens with zero attached hydrogens (tertiary/aromatic N) is 2. The fourth-order valence-corrected chi connectivity index (χ4v) is 2.47. The van der Waals surface area contributed by atoms with E-state index in [0.717, 1.165) is 30.4 Å². The van der Waals surface area contributed by atoms with E-state index in [2.05, 4.69) is 17.3 Å². The molecule has 1 aliphatic rings. The molecule has 2 rings (SSSR count). The molecule has 90 valence electrons. The minimum Gasteiger partial charge on any atom is -0.316 e. The van der Waals surface area contributed by atoms with Gasteiger partial charge in [-0.2, -0.15) is 5.10 Å². The van der Waals surface area contributed by atoms with Crippen LogP contribution in [0.4, 0.5) is 0 Å². The van der Waals surface area contributed by atoms with Gasteiger partial charge in [-0.3, -0.25) is 4.68 Å². The predicted octanol–water partition coefficient (Wildman–Crippen LogP) is 2.31. The van der Waals surface area contributed by atoms with E-state index >= 15 is 0 Å². The van der Waals surface area contributed by atoms with E-state index in [-0.39, 0.29) is 0 Å². The molecule has 0 unspecified atom stereocenters. The van der Waals surface area contributed by atoms with Crippen molar-refractivity contribution < 1.29 is 0 Å². The first-order chi connectivity index (χ1) is 7.58. The molecule has 0 saturated heterocycles. The smallest absolute Gasteiger partial charge is 0.130 e. The maximum Gasteiger partial charge on any atom is 0.130 e. The van der Waals surface area contributed by atoms with Crippen molar-refractivity contribution in [1.82, 2.24) is 15.1 Å². The molecule has 0 spiro atoms. The average molecular weight is 242 g/mol. The van der Waals surface area contributed by atoms with Crippen LogP contribution < -0.4 is 5.32 Å². The number of rotatable bonds is 5. The van der Waals surface area contributed by atoms with Gasteiger partial charge in [-0.1, -0.05) is 18.5 Å². The summed E-state index contributed by atoms with van der Waals surface area (Å²) < 4.78 is 1.77. The van der Waals surface area contributed by atoms with Crippen LogP contribution in [-0.4, -0.2) is 22.9 Å². The highest BCUT2D eigenvalue weighted by molar-refractivity contribution is 6.30. The van der Waals surface area contributed by atoms with Gasteiger partial charge in [0.2, 0.25) is 0 Å². The first-order valence-corrected chi connectivity index (χ1v) is 6.34. The van der Waals surface area contributed by atoms with Gasteiger partial charge in [0.25, 0.3) is 0 Å². The topological polar surface area (TPSA) is 29.9 Å². The van der Waals surface area contributed by atoms with Crippen LogP contribution in [0.1, 0.15) is 31.0 Å². The van der Waals surface area contributed by atoms with Crippen LogP contribution in [0, 0.1) is 12.3 Å². The van der Waals surface area contributed by atoms with Crippen LogP contribution >= 0.6 is 11.6 Å². The highest BCUT2D eigenvalue weighted by atomic mass is 35.5. The number of aryl methyl sites for hydroxylation is 2. The molecular formula is C12H20ClN3. The summed E-state index contributed by atoms with van der Waals surface area (Å²) in [6, 6.07) is 0. The van der Waals surface area contributed by atoms with E-state index in [1.165, 1.54) is 18.4 Å². The first-order valence-electron chi connectivity index (χ1n) is 5.97. The molecule has 1 aromatic rings. The van der Waals surface area contributed by atoms with Gasteiger partial charge in [-0.15, -0.1) is 0 Å². The molecule has 0 aromatic carbocycles. The third-order valence-electron chi connectivity index (χ3n) is 3.53. The van der Waals surface area contributed by atoms with E-state index in [1.54, 1.807) is 4.68 Å². The van der Waals surface area contributed by atoms with Crippen LogP contribution in [0.25, 0.3) is 0 Å². The molecule has 1 N–H and O–H groups in total. The van der Waals surface area contributed by atoms with Crippen molar-refractivity contribution >= 4 is 11.6 Å². The SMILES string of the molecule is CCNCC1(Cc2c(C)nn(C)c2Cl)CC1. The second-order valence-electron chi connectivity index (χ2n) is 4.94. The van der Waals surface area contributed by atoms with Crippen LogP contribution in [0.3, 0.4) is 0 Å². The minimum atomic E-state index is 0.452. The third-order valence-corrected chi connectivity index (χ3v) is 4.00. The van der Waals surface area contributed by atoms with Gasteiger partial charge < -0.3 is 5.32 Å². The normalized spacial score (nSPS) is 17.8. The molecule has 1 aliphatic carbocycles. The second-order valence-corrected chi connectivity index (χ2v) is 5.29. The lowest BCUT2D eigenvalue weighted by molar-refractivity contribution is 0.462. The van der Waals surface area contributed by atoms with Crippen molar-refractivity contribution in [3.8, 4) is 0 Å². The molecule has 1 fully saturated rings. The maximum atomic E-state index is 6.26. The van der Waals surface area contributed by atoms with Crippen LogP contribution in [0.2, 0.25) is 5.15 Å². The van der Waals surface area contributed by atoms with E-state index < -0.39 is 0 Å². The number of hydrogen-bond acceptors (Lipinski definition) is 2. The second kappa shape index (κ2) is 4.38. The van der Waals surface area contributed by atoms with Crippen LogP contribution in [0.5, 0.6) is 0 Å². The Morgan fingerprint density at radius 2 is 2.19 bits per heavy atom. The quantitative estimate of drug-likeness (QED) is 0.858. The molecule has 0 bridgehead atoms. The van der Waals surface area contributed by atoms with Gasteiger partial charge in [-0.25, -0.2) is 0 Å². The number of aromatic nitrogens is 2. The fourth-order valence-electron chi connectivity index (χ4n) is 2.23. The van der Waals surface area contributed by atoms with Gasteiger partial charge in [0, 0.05) is 19.2 Å². The van der Waals surface area contributed by atoms with E-state index in [0.29, 0.717) is 5.41 Å². The van der Waals surface area contributed by atoms with Crippen LogP contribution in [-0.2, 0) is 13.5 Å². The molecule has 0 amide bonds. The zero-order valence-electron chi connectivity index (χ0n) is 10.3. The highest BCUT2D eigenvalue weighted by Crippen LogP contribution is 2.48. The predicted molar refractivity (Wildman–Crippen MR) is 66.9 cm³/mol. The monoisotopic (exact) mass is 241 g/mol. The Morgan fingerprint density at radius 3 is 2.62 bits per heavy atom. The Balaban J connectivity index is 2.09. The van der Waals surface area contributed by atoms with Crippen molar-refractivity contribution in [1.29, 1.82) is 0 Å². The lowest BCUT2D eigenvalue weighted by Crippen LogP contribution is -2.25. The van der Waals surface area contributed by atoms with Crippen LogP contribution in [0.15, 0.2) is 0 Å².